The van der Waals surface area contributed by atoms with E-state index in [-0.39, 0.29) is 36.2 Å². The van der Waals surface area contributed by atoms with Crippen LogP contribution in [-0.2, 0) is 27.9 Å². The lowest BCUT2D eigenvalue weighted by atomic mass is 9.87. The Balaban J connectivity index is 1.63. The minimum Gasteiger partial charge on any atom is -0.490 e. The van der Waals surface area contributed by atoms with E-state index in [9.17, 15) is 9.59 Å². The zero-order valence-electron chi connectivity index (χ0n) is 22.5. The van der Waals surface area contributed by atoms with Crippen LogP contribution in [-0.4, -0.2) is 57.3 Å². The van der Waals surface area contributed by atoms with Crippen LogP contribution in [0.2, 0.25) is 0 Å². The highest BCUT2D eigenvalue weighted by Crippen LogP contribution is 2.30. The van der Waals surface area contributed by atoms with E-state index in [4.69, 9.17) is 14.2 Å². The Bertz CT molecular complexity index is 1020. The molecule has 0 radical (unpaired) electrons. The van der Waals surface area contributed by atoms with Crippen molar-refractivity contribution in [2.24, 2.45) is 13.0 Å². The highest BCUT2D eigenvalue weighted by atomic mass is 16.6. The molecule has 1 aromatic heterocycles. The van der Waals surface area contributed by atoms with Crippen LogP contribution in [0.15, 0.2) is 24.3 Å². The smallest absolute Gasteiger partial charge is 0.410 e. The van der Waals surface area contributed by atoms with Gasteiger partial charge in [0.25, 0.3) is 0 Å². The Labute approximate surface area is 214 Å². The average Bonchev–Trinajstić information content (AvgIpc) is 3.23. The molecule has 1 fully saturated rings. The molecule has 1 aliphatic rings. The van der Waals surface area contributed by atoms with Crippen molar-refractivity contribution in [2.75, 3.05) is 13.7 Å². The molecule has 9 heteroatoms. The lowest BCUT2D eigenvalue weighted by Crippen LogP contribution is -2.45. The van der Waals surface area contributed by atoms with Gasteiger partial charge in [-0.15, -0.1) is 5.10 Å². The van der Waals surface area contributed by atoms with Gasteiger partial charge in [0.1, 0.15) is 23.7 Å². The topological polar surface area (TPSA) is 95.8 Å². The SMILES string of the molecule is CCCC(C)(C)N(C)C(=O)OCc1c(-c2ccc(O[C@H]3CCC[C@H](C(=O)OCC)C3)cc2)nnn1C. The lowest BCUT2D eigenvalue weighted by molar-refractivity contribution is -0.150. The van der Waals surface area contributed by atoms with Gasteiger partial charge in [-0.25, -0.2) is 9.48 Å². The number of amides is 1. The molecule has 0 unspecified atom stereocenters. The van der Waals surface area contributed by atoms with E-state index >= 15 is 0 Å². The Morgan fingerprint density at radius 3 is 2.53 bits per heavy atom. The molecule has 1 aliphatic carbocycles. The summed E-state index contributed by atoms with van der Waals surface area (Å²) < 4.78 is 18.6. The number of ether oxygens (including phenoxy) is 3. The number of esters is 1. The molecule has 9 nitrogen and oxygen atoms in total. The number of carbonyl (C=O) groups excluding carboxylic acids is 2. The summed E-state index contributed by atoms with van der Waals surface area (Å²) in [4.78, 5) is 26.4. The molecule has 2 atom stereocenters. The molecule has 0 N–H and O–H groups in total. The van der Waals surface area contributed by atoms with Gasteiger partial charge in [-0.1, -0.05) is 18.6 Å². The summed E-state index contributed by atoms with van der Waals surface area (Å²) in [7, 11) is 3.55. The first-order chi connectivity index (χ1) is 17.2. The van der Waals surface area contributed by atoms with Crippen LogP contribution in [0.5, 0.6) is 5.75 Å². The van der Waals surface area contributed by atoms with E-state index in [2.05, 4.69) is 17.2 Å². The number of benzene rings is 1. The Morgan fingerprint density at radius 2 is 1.86 bits per heavy atom. The van der Waals surface area contributed by atoms with Gasteiger partial charge >= 0.3 is 12.1 Å². The van der Waals surface area contributed by atoms with E-state index in [1.807, 2.05) is 45.0 Å². The molecule has 0 bridgehead atoms. The van der Waals surface area contributed by atoms with Crippen LogP contribution < -0.4 is 4.74 Å². The summed E-state index contributed by atoms with van der Waals surface area (Å²) in [5.41, 5.74) is 1.94. The maximum absolute atomic E-state index is 12.7. The monoisotopic (exact) mass is 500 g/mol. The third-order valence-electron chi connectivity index (χ3n) is 7.00. The first-order valence-electron chi connectivity index (χ1n) is 12.9. The predicted molar refractivity (Wildman–Crippen MR) is 136 cm³/mol. The zero-order chi connectivity index (χ0) is 26.3. The Kier molecular flexibility index (Phi) is 9.34. The van der Waals surface area contributed by atoms with E-state index in [0.29, 0.717) is 24.4 Å². The van der Waals surface area contributed by atoms with Crippen molar-refractivity contribution in [3.8, 4) is 17.0 Å². The molecule has 0 saturated heterocycles. The van der Waals surface area contributed by atoms with Crippen LogP contribution in [0, 0.1) is 5.92 Å². The maximum atomic E-state index is 12.7. The van der Waals surface area contributed by atoms with Gasteiger partial charge in [-0.3, -0.25) is 4.79 Å². The van der Waals surface area contributed by atoms with E-state index < -0.39 is 0 Å². The summed E-state index contributed by atoms with van der Waals surface area (Å²) in [5, 5.41) is 8.43. The third kappa shape index (κ3) is 6.77. The summed E-state index contributed by atoms with van der Waals surface area (Å²) in [6.07, 6.45) is 4.85. The fourth-order valence-corrected chi connectivity index (χ4v) is 4.63. The standard InChI is InChI=1S/C27H40N4O5/c1-7-16-27(3,4)30(5)26(33)35-18-23-24(28-29-31(23)6)19-12-14-21(15-13-19)36-22-11-9-10-20(17-22)25(32)34-8-2/h12-15,20,22H,7-11,16-18H2,1-6H3/t20-,22-/m0/s1. The third-order valence-corrected chi connectivity index (χ3v) is 7.00. The van der Waals surface area contributed by atoms with Gasteiger partial charge in [0.05, 0.1) is 18.6 Å². The van der Waals surface area contributed by atoms with Crippen LogP contribution in [0.25, 0.3) is 11.3 Å². The molecular formula is C27H40N4O5. The molecule has 1 heterocycles. The normalized spacial score (nSPS) is 17.9. The molecule has 0 spiro atoms. The van der Waals surface area contributed by atoms with Crippen LogP contribution in [0.3, 0.4) is 0 Å². The predicted octanol–water partition coefficient (Wildman–Crippen LogP) is 5.13. The molecule has 3 rings (SSSR count). The van der Waals surface area contributed by atoms with Crippen molar-refractivity contribution in [2.45, 2.75) is 84.5 Å². The minimum atomic E-state index is -0.377. The first-order valence-corrected chi connectivity index (χ1v) is 12.9. The molecule has 1 saturated carbocycles. The van der Waals surface area contributed by atoms with Gasteiger partial charge in [0, 0.05) is 25.2 Å². The van der Waals surface area contributed by atoms with Crippen molar-refractivity contribution < 1.29 is 23.8 Å². The number of aryl methyl sites for hydroxylation is 1. The van der Waals surface area contributed by atoms with E-state index in [1.165, 1.54) is 0 Å². The van der Waals surface area contributed by atoms with Gasteiger partial charge in [0.15, 0.2) is 0 Å². The van der Waals surface area contributed by atoms with Crippen molar-refractivity contribution in [3.63, 3.8) is 0 Å². The van der Waals surface area contributed by atoms with Gasteiger partial charge < -0.3 is 19.1 Å². The molecule has 1 amide bonds. The van der Waals surface area contributed by atoms with Crippen LogP contribution in [0.4, 0.5) is 4.79 Å². The second kappa shape index (κ2) is 12.2. The maximum Gasteiger partial charge on any atom is 0.410 e. The Hall–Kier alpha value is -3.10. The summed E-state index contributed by atoms with van der Waals surface area (Å²) in [6.45, 7) is 8.46. The summed E-state index contributed by atoms with van der Waals surface area (Å²) in [6, 6.07) is 7.64. The number of hydrogen-bond acceptors (Lipinski definition) is 7. The minimum absolute atomic E-state index is 0.0144. The number of aromatic nitrogens is 3. The van der Waals surface area contributed by atoms with Crippen molar-refractivity contribution in [1.29, 1.82) is 0 Å². The molecule has 2 aromatic rings. The Morgan fingerprint density at radius 1 is 1.14 bits per heavy atom. The van der Waals surface area contributed by atoms with Crippen molar-refractivity contribution in [3.05, 3.63) is 30.0 Å². The fourth-order valence-electron chi connectivity index (χ4n) is 4.63. The quantitative estimate of drug-likeness (QED) is 0.417. The molecule has 36 heavy (non-hydrogen) atoms. The second-order valence-corrected chi connectivity index (χ2v) is 10.1. The number of hydrogen-bond donors (Lipinski definition) is 0. The number of rotatable bonds is 10. The fraction of sp³-hybridized carbons (Fsp3) is 0.630. The highest BCUT2D eigenvalue weighted by Gasteiger charge is 2.30. The first kappa shape index (κ1) is 27.5. The van der Waals surface area contributed by atoms with E-state index in [1.54, 1.807) is 23.7 Å². The zero-order valence-corrected chi connectivity index (χ0v) is 22.5. The van der Waals surface area contributed by atoms with Gasteiger partial charge in [-0.2, -0.15) is 0 Å². The number of nitrogens with zero attached hydrogens (tertiary/aromatic N) is 4. The second-order valence-electron chi connectivity index (χ2n) is 10.1. The van der Waals surface area contributed by atoms with E-state index in [0.717, 1.165) is 43.4 Å². The number of carbonyl (C=O) groups is 2. The molecule has 198 valence electrons. The average molecular weight is 501 g/mol. The van der Waals surface area contributed by atoms with Crippen LogP contribution in [0.1, 0.15) is 71.9 Å². The van der Waals surface area contributed by atoms with Gasteiger partial charge in [-0.05, 0) is 77.1 Å². The molecular weight excluding hydrogens is 460 g/mol. The molecule has 0 aliphatic heterocycles. The van der Waals surface area contributed by atoms with Gasteiger partial charge in [0.2, 0.25) is 0 Å². The van der Waals surface area contributed by atoms with Crippen molar-refractivity contribution in [1.82, 2.24) is 19.9 Å². The highest BCUT2D eigenvalue weighted by molar-refractivity contribution is 5.72. The largest absolute Gasteiger partial charge is 0.490 e. The van der Waals surface area contributed by atoms with Crippen molar-refractivity contribution >= 4 is 12.1 Å². The lowest BCUT2D eigenvalue weighted by Gasteiger charge is -2.34. The summed E-state index contributed by atoms with van der Waals surface area (Å²) in [5.74, 6) is 0.515. The van der Waals surface area contributed by atoms with Crippen LogP contribution >= 0.6 is 0 Å². The molecule has 1 aromatic carbocycles. The summed E-state index contributed by atoms with van der Waals surface area (Å²) >= 11 is 0.